The van der Waals surface area contributed by atoms with Crippen LogP contribution in [0.3, 0.4) is 0 Å². The van der Waals surface area contributed by atoms with E-state index >= 15 is 0 Å². The first kappa shape index (κ1) is 22.6. The van der Waals surface area contributed by atoms with E-state index in [-0.39, 0.29) is 27.3 Å². The van der Waals surface area contributed by atoms with E-state index in [1.165, 1.54) is 6.07 Å². The number of hydrogen-bond donors (Lipinski definition) is 1. The highest BCUT2D eigenvalue weighted by atomic mass is 35.5. The summed E-state index contributed by atoms with van der Waals surface area (Å²) in [5.74, 6) is 1.51. The van der Waals surface area contributed by atoms with Gasteiger partial charge in [0.05, 0.1) is 28.4 Å². The largest absolute Gasteiger partial charge is 0.460 e. The Hall–Kier alpha value is -2.58. The zero-order valence-electron chi connectivity index (χ0n) is 17.9. The third-order valence-corrected chi connectivity index (χ3v) is 5.79. The molecule has 3 heterocycles. The van der Waals surface area contributed by atoms with Gasteiger partial charge in [0.1, 0.15) is 17.3 Å². The molecule has 2 aromatic heterocycles. The summed E-state index contributed by atoms with van der Waals surface area (Å²) in [7, 11) is 0. The minimum atomic E-state index is -4.47. The van der Waals surface area contributed by atoms with E-state index in [0.29, 0.717) is 43.2 Å². The molecule has 1 aromatic carbocycles. The second kappa shape index (κ2) is 8.08. The summed E-state index contributed by atoms with van der Waals surface area (Å²) >= 11 is 6.12. The van der Waals surface area contributed by atoms with Crippen molar-refractivity contribution >= 4 is 11.6 Å². The average Bonchev–Trinajstić information content (AvgIpc) is 3.15. The molecule has 0 aliphatic carbocycles. The number of H-pyrrole nitrogens is 1. The Bertz CT molecular complexity index is 1210. The van der Waals surface area contributed by atoms with Crippen molar-refractivity contribution in [1.29, 1.82) is 0 Å². The van der Waals surface area contributed by atoms with E-state index in [9.17, 15) is 18.0 Å². The molecule has 0 saturated heterocycles. The highest BCUT2D eigenvalue weighted by Gasteiger charge is 2.31. The van der Waals surface area contributed by atoms with Gasteiger partial charge in [0.25, 0.3) is 5.56 Å². The number of aromatic amines is 1. The number of nitrogens with one attached hydrogen (secondary N) is 1. The number of aromatic nitrogens is 2. The number of alkyl halides is 3. The fourth-order valence-corrected chi connectivity index (χ4v) is 3.90. The summed E-state index contributed by atoms with van der Waals surface area (Å²) in [6.07, 6.45) is -3.83. The van der Waals surface area contributed by atoms with Crippen LogP contribution in [-0.2, 0) is 31.1 Å². The van der Waals surface area contributed by atoms with Crippen LogP contribution >= 0.6 is 11.6 Å². The second-order valence-corrected chi connectivity index (χ2v) is 9.42. The first-order valence-electron chi connectivity index (χ1n) is 10.2. The van der Waals surface area contributed by atoms with Crippen molar-refractivity contribution in [3.8, 4) is 11.3 Å². The van der Waals surface area contributed by atoms with Crippen LogP contribution in [0.25, 0.3) is 11.3 Å². The smallest absolute Gasteiger partial charge is 0.416 e. The Balaban J connectivity index is 1.53. The van der Waals surface area contributed by atoms with Crippen LogP contribution in [0.5, 0.6) is 0 Å². The fraction of sp³-hybridized carbons (Fsp3) is 0.391. The van der Waals surface area contributed by atoms with Crippen molar-refractivity contribution in [1.82, 2.24) is 14.9 Å². The van der Waals surface area contributed by atoms with Crippen LogP contribution in [0.15, 0.2) is 39.5 Å². The first-order chi connectivity index (χ1) is 14.9. The van der Waals surface area contributed by atoms with Gasteiger partial charge in [-0.25, -0.2) is 4.98 Å². The number of rotatable bonds is 3. The second-order valence-electron chi connectivity index (χ2n) is 9.01. The molecule has 0 radical (unpaired) electrons. The van der Waals surface area contributed by atoms with Crippen LogP contribution in [0.2, 0.25) is 5.02 Å². The number of halogens is 4. The van der Waals surface area contributed by atoms with E-state index in [1.807, 2.05) is 25.7 Å². The van der Waals surface area contributed by atoms with Gasteiger partial charge in [-0.3, -0.25) is 9.69 Å². The van der Waals surface area contributed by atoms with Crippen LogP contribution in [0.4, 0.5) is 13.2 Å². The molecule has 0 fully saturated rings. The van der Waals surface area contributed by atoms with Crippen molar-refractivity contribution < 1.29 is 17.6 Å². The average molecular weight is 466 g/mol. The molecule has 0 amide bonds. The Morgan fingerprint density at radius 3 is 2.62 bits per heavy atom. The highest BCUT2D eigenvalue weighted by Crippen LogP contribution is 2.36. The SMILES string of the molecule is CC(C)(C)c1nc2c(c(=O)[nH]1)CN(Cc1ccc(-c3cc(C(F)(F)F)ccc3Cl)o1)CC2. The van der Waals surface area contributed by atoms with Gasteiger partial charge in [-0.05, 0) is 30.3 Å². The topological polar surface area (TPSA) is 62.1 Å². The molecule has 1 aliphatic rings. The summed E-state index contributed by atoms with van der Waals surface area (Å²) in [6, 6.07) is 6.47. The minimum absolute atomic E-state index is 0.138. The lowest BCUT2D eigenvalue weighted by Crippen LogP contribution is -2.37. The van der Waals surface area contributed by atoms with Gasteiger partial charge in [-0.2, -0.15) is 13.2 Å². The zero-order chi connectivity index (χ0) is 23.3. The molecular formula is C23H23ClF3N3O2. The maximum atomic E-state index is 13.1. The lowest BCUT2D eigenvalue weighted by atomic mass is 9.95. The summed E-state index contributed by atoms with van der Waals surface area (Å²) in [4.78, 5) is 22.2. The molecule has 0 unspecified atom stereocenters. The minimum Gasteiger partial charge on any atom is -0.460 e. The molecule has 1 N–H and O–H groups in total. The maximum absolute atomic E-state index is 13.1. The molecule has 0 bridgehead atoms. The van der Waals surface area contributed by atoms with Crippen LogP contribution < -0.4 is 5.56 Å². The third-order valence-electron chi connectivity index (χ3n) is 5.46. The quantitative estimate of drug-likeness (QED) is 0.550. The number of hydrogen-bond acceptors (Lipinski definition) is 4. The van der Waals surface area contributed by atoms with Gasteiger partial charge >= 0.3 is 6.18 Å². The molecule has 3 aromatic rings. The third kappa shape index (κ3) is 4.61. The summed E-state index contributed by atoms with van der Waals surface area (Å²) in [6.45, 7) is 7.51. The molecule has 170 valence electrons. The van der Waals surface area contributed by atoms with Crippen molar-refractivity contribution in [3.05, 3.63) is 74.1 Å². The molecule has 4 rings (SSSR count). The normalized spacial score (nSPS) is 15.1. The highest BCUT2D eigenvalue weighted by molar-refractivity contribution is 6.33. The number of benzene rings is 1. The van der Waals surface area contributed by atoms with E-state index < -0.39 is 11.7 Å². The van der Waals surface area contributed by atoms with E-state index in [2.05, 4.69) is 9.97 Å². The molecule has 5 nitrogen and oxygen atoms in total. The molecule has 0 atom stereocenters. The molecule has 0 spiro atoms. The fourth-order valence-electron chi connectivity index (χ4n) is 3.69. The van der Waals surface area contributed by atoms with Gasteiger partial charge in [0, 0.05) is 30.5 Å². The standard InChI is InChI=1S/C23H23ClF3N3O2/c1-22(2,3)21-28-18-8-9-30(12-16(18)20(31)29-21)11-14-5-7-19(32-14)15-10-13(23(25,26)27)4-6-17(15)24/h4-7,10H,8-9,11-12H2,1-3H3,(H,28,29,31). The number of nitrogens with zero attached hydrogens (tertiary/aromatic N) is 2. The maximum Gasteiger partial charge on any atom is 0.416 e. The first-order valence-corrected chi connectivity index (χ1v) is 10.6. The number of furan rings is 1. The molecule has 1 aliphatic heterocycles. The van der Waals surface area contributed by atoms with Crippen LogP contribution in [0.1, 0.15) is 49.2 Å². The van der Waals surface area contributed by atoms with Crippen molar-refractivity contribution in [2.24, 2.45) is 0 Å². The zero-order valence-corrected chi connectivity index (χ0v) is 18.7. The molecule has 9 heteroatoms. The van der Waals surface area contributed by atoms with Gasteiger partial charge in [-0.1, -0.05) is 32.4 Å². The van der Waals surface area contributed by atoms with Gasteiger partial charge in [0.15, 0.2) is 0 Å². The molecular weight excluding hydrogens is 443 g/mol. The van der Waals surface area contributed by atoms with Gasteiger partial charge in [0.2, 0.25) is 0 Å². The molecule has 32 heavy (non-hydrogen) atoms. The molecule has 0 saturated carbocycles. The summed E-state index contributed by atoms with van der Waals surface area (Å²) < 4.78 is 45.0. The van der Waals surface area contributed by atoms with Gasteiger partial charge < -0.3 is 9.40 Å². The Morgan fingerprint density at radius 1 is 1.19 bits per heavy atom. The summed E-state index contributed by atoms with van der Waals surface area (Å²) in [5.41, 5.74) is 0.458. The predicted octanol–water partition coefficient (Wildman–Crippen LogP) is 5.56. The Labute approximate surface area is 188 Å². The number of fused-ring (bicyclic) bond motifs is 1. The van der Waals surface area contributed by atoms with E-state index in [1.54, 1.807) is 12.1 Å². The Kier molecular flexibility index (Phi) is 5.71. The summed E-state index contributed by atoms with van der Waals surface area (Å²) in [5, 5.41) is 0.179. The van der Waals surface area contributed by atoms with Crippen molar-refractivity contribution in [2.45, 2.75) is 51.9 Å². The van der Waals surface area contributed by atoms with Crippen LogP contribution in [-0.4, -0.2) is 21.4 Å². The lowest BCUT2D eigenvalue weighted by molar-refractivity contribution is -0.137. The van der Waals surface area contributed by atoms with E-state index in [4.69, 9.17) is 16.0 Å². The van der Waals surface area contributed by atoms with Crippen LogP contribution in [0, 0.1) is 0 Å². The predicted molar refractivity (Wildman–Crippen MR) is 116 cm³/mol. The van der Waals surface area contributed by atoms with E-state index in [0.717, 1.165) is 17.8 Å². The monoisotopic (exact) mass is 465 g/mol. The Morgan fingerprint density at radius 2 is 1.94 bits per heavy atom. The lowest BCUT2D eigenvalue weighted by Gasteiger charge is -2.28. The van der Waals surface area contributed by atoms with Crippen molar-refractivity contribution in [3.63, 3.8) is 0 Å². The van der Waals surface area contributed by atoms with Crippen molar-refractivity contribution in [2.75, 3.05) is 6.54 Å². The van der Waals surface area contributed by atoms with Gasteiger partial charge in [-0.15, -0.1) is 0 Å².